The standard InChI is InChI=1S/C13H19ClN4O2/c14-11-6-17-18(7-9-1-2-9)13(19)12(11)16-5-10-8-20-4-3-15-10/h6,9-10,15-16H,1-5,7-8H2. The van der Waals surface area contributed by atoms with Crippen molar-refractivity contribution in [1.82, 2.24) is 15.1 Å². The number of hydrogen-bond acceptors (Lipinski definition) is 5. The van der Waals surface area contributed by atoms with Crippen LogP contribution in [0.15, 0.2) is 11.0 Å². The van der Waals surface area contributed by atoms with Crippen LogP contribution < -0.4 is 16.2 Å². The van der Waals surface area contributed by atoms with Gasteiger partial charge in [0.1, 0.15) is 5.69 Å². The molecule has 0 bridgehead atoms. The first-order valence-electron chi connectivity index (χ1n) is 7.04. The molecule has 2 aliphatic rings. The maximum absolute atomic E-state index is 12.3. The highest BCUT2D eigenvalue weighted by Gasteiger charge is 2.23. The van der Waals surface area contributed by atoms with Gasteiger partial charge in [-0.05, 0) is 18.8 Å². The molecule has 1 aliphatic heterocycles. The molecule has 1 aromatic rings. The number of halogens is 1. The predicted molar refractivity (Wildman–Crippen MR) is 77.3 cm³/mol. The van der Waals surface area contributed by atoms with Crippen molar-refractivity contribution in [3.63, 3.8) is 0 Å². The van der Waals surface area contributed by atoms with Gasteiger partial charge in [0.15, 0.2) is 0 Å². The predicted octanol–water partition coefficient (Wildman–Crippen LogP) is 0.707. The second-order valence-electron chi connectivity index (χ2n) is 5.41. The van der Waals surface area contributed by atoms with Crippen molar-refractivity contribution in [2.45, 2.75) is 25.4 Å². The summed E-state index contributed by atoms with van der Waals surface area (Å²) in [6.45, 7) is 3.52. The van der Waals surface area contributed by atoms with E-state index in [1.165, 1.54) is 17.5 Å². The minimum atomic E-state index is -0.138. The molecular formula is C13H19ClN4O2. The lowest BCUT2D eigenvalue weighted by molar-refractivity contribution is 0.0806. The minimum Gasteiger partial charge on any atom is -0.378 e. The molecule has 1 atom stereocenters. The van der Waals surface area contributed by atoms with Crippen molar-refractivity contribution >= 4 is 17.3 Å². The fraction of sp³-hybridized carbons (Fsp3) is 0.692. The van der Waals surface area contributed by atoms with Crippen LogP contribution in [0.4, 0.5) is 5.69 Å². The third kappa shape index (κ3) is 3.31. The van der Waals surface area contributed by atoms with Crippen molar-refractivity contribution < 1.29 is 4.74 Å². The molecule has 6 nitrogen and oxygen atoms in total. The monoisotopic (exact) mass is 298 g/mol. The van der Waals surface area contributed by atoms with Gasteiger partial charge in [-0.2, -0.15) is 5.10 Å². The van der Waals surface area contributed by atoms with E-state index in [4.69, 9.17) is 16.3 Å². The fourth-order valence-corrected chi connectivity index (χ4v) is 2.47. The molecule has 0 spiro atoms. The second kappa shape index (κ2) is 6.11. The Kier molecular flexibility index (Phi) is 4.24. The molecule has 0 aromatic carbocycles. The Hall–Kier alpha value is -1.11. The van der Waals surface area contributed by atoms with Gasteiger partial charge in [0, 0.05) is 25.7 Å². The third-order valence-corrected chi connectivity index (χ3v) is 3.94. The van der Waals surface area contributed by atoms with E-state index in [9.17, 15) is 4.79 Å². The third-order valence-electron chi connectivity index (χ3n) is 3.65. The van der Waals surface area contributed by atoms with Crippen LogP contribution in [0.2, 0.25) is 5.02 Å². The zero-order valence-corrected chi connectivity index (χ0v) is 12.0. The summed E-state index contributed by atoms with van der Waals surface area (Å²) in [5, 5.41) is 10.9. The molecule has 20 heavy (non-hydrogen) atoms. The average molecular weight is 299 g/mol. The van der Waals surface area contributed by atoms with Crippen molar-refractivity contribution in [2.75, 3.05) is 31.6 Å². The largest absolute Gasteiger partial charge is 0.378 e. The van der Waals surface area contributed by atoms with Gasteiger partial charge in [-0.15, -0.1) is 0 Å². The minimum absolute atomic E-state index is 0.138. The van der Waals surface area contributed by atoms with Gasteiger partial charge in [0.25, 0.3) is 5.56 Å². The van der Waals surface area contributed by atoms with Gasteiger partial charge in [-0.1, -0.05) is 11.6 Å². The fourth-order valence-electron chi connectivity index (χ4n) is 2.28. The highest BCUT2D eigenvalue weighted by molar-refractivity contribution is 6.32. The number of nitrogens with zero attached hydrogens (tertiary/aromatic N) is 2. The van der Waals surface area contributed by atoms with Crippen molar-refractivity contribution in [1.29, 1.82) is 0 Å². The van der Waals surface area contributed by atoms with E-state index in [1.807, 2.05) is 0 Å². The van der Waals surface area contributed by atoms with Crippen LogP contribution in [0.25, 0.3) is 0 Å². The van der Waals surface area contributed by atoms with E-state index in [1.54, 1.807) is 6.20 Å². The highest BCUT2D eigenvalue weighted by atomic mass is 35.5. The Bertz CT molecular complexity index is 524. The molecule has 7 heteroatoms. The Morgan fingerprint density at radius 1 is 1.55 bits per heavy atom. The maximum Gasteiger partial charge on any atom is 0.291 e. The Labute approximate surface area is 122 Å². The van der Waals surface area contributed by atoms with Crippen LogP contribution >= 0.6 is 11.6 Å². The number of anilines is 1. The molecule has 2 N–H and O–H groups in total. The molecular weight excluding hydrogens is 280 g/mol. The summed E-state index contributed by atoms with van der Waals surface area (Å²) in [6, 6.07) is 0.198. The lowest BCUT2D eigenvalue weighted by atomic mass is 10.2. The Morgan fingerprint density at radius 2 is 2.40 bits per heavy atom. The van der Waals surface area contributed by atoms with Crippen molar-refractivity contribution in [3.8, 4) is 0 Å². The lowest BCUT2D eigenvalue weighted by Gasteiger charge is -2.24. The van der Waals surface area contributed by atoms with Crippen LogP contribution in [-0.2, 0) is 11.3 Å². The second-order valence-corrected chi connectivity index (χ2v) is 5.81. The van der Waals surface area contributed by atoms with E-state index in [2.05, 4.69) is 15.7 Å². The topological polar surface area (TPSA) is 68.2 Å². The highest BCUT2D eigenvalue weighted by Crippen LogP contribution is 2.30. The summed E-state index contributed by atoms with van der Waals surface area (Å²) in [5.74, 6) is 0.600. The van der Waals surface area contributed by atoms with E-state index < -0.39 is 0 Å². The van der Waals surface area contributed by atoms with Crippen molar-refractivity contribution in [3.05, 3.63) is 21.6 Å². The first kappa shape index (κ1) is 13.9. The molecule has 1 aromatic heterocycles. The molecule has 0 amide bonds. The van der Waals surface area contributed by atoms with Gasteiger partial charge < -0.3 is 15.4 Å². The molecule has 1 saturated carbocycles. The molecule has 3 rings (SSSR count). The van der Waals surface area contributed by atoms with Gasteiger partial charge in [0.2, 0.25) is 0 Å². The average Bonchev–Trinajstić information content (AvgIpc) is 3.27. The van der Waals surface area contributed by atoms with E-state index in [0.717, 1.165) is 13.2 Å². The SMILES string of the molecule is O=c1c(NCC2COCCN2)c(Cl)cnn1CC1CC1. The van der Waals surface area contributed by atoms with Gasteiger partial charge in [-0.25, -0.2) is 4.68 Å². The van der Waals surface area contributed by atoms with Crippen LogP contribution in [0.5, 0.6) is 0 Å². The molecule has 1 saturated heterocycles. The van der Waals surface area contributed by atoms with Crippen LogP contribution in [-0.4, -0.2) is 42.1 Å². The van der Waals surface area contributed by atoms with E-state index in [-0.39, 0.29) is 11.6 Å². The quantitative estimate of drug-likeness (QED) is 0.838. The zero-order valence-electron chi connectivity index (χ0n) is 11.3. The summed E-state index contributed by atoms with van der Waals surface area (Å²) >= 11 is 6.08. The Balaban J connectivity index is 1.68. The smallest absolute Gasteiger partial charge is 0.291 e. The van der Waals surface area contributed by atoms with E-state index >= 15 is 0 Å². The Morgan fingerprint density at radius 3 is 3.10 bits per heavy atom. The van der Waals surface area contributed by atoms with Gasteiger partial charge in [-0.3, -0.25) is 4.79 Å². The van der Waals surface area contributed by atoms with Crippen LogP contribution in [0.1, 0.15) is 12.8 Å². The summed E-state index contributed by atoms with van der Waals surface area (Å²) in [6.07, 6.45) is 3.91. The summed E-state index contributed by atoms with van der Waals surface area (Å²) in [4.78, 5) is 12.3. The maximum atomic E-state index is 12.3. The summed E-state index contributed by atoms with van der Waals surface area (Å²) in [7, 11) is 0. The number of morpholine rings is 1. The molecule has 1 unspecified atom stereocenters. The number of rotatable bonds is 5. The van der Waals surface area contributed by atoms with E-state index in [0.29, 0.717) is 36.3 Å². The number of hydrogen-bond donors (Lipinski definition) is 2. The first-order chi connectivity index (χ1) is 9.74. The molecule has 1 aliphatic carbocycles. The van der Waals surface area contributed by atoms with Crippen molar-refractivity contribution in [2.24, 2.45) is 5.92 Å². The normalized spacial score (nSPS) is 22.8. The molecule has 110 valence electrons. The van der Waals surface area contributed by atoms with Crippen LogP contribution in [0.3, 0.4) is 0 Å². The molecule has 2 heterocycles. The number of ether oxygens (including phenoxy) is 1. The lowest BCUT2D eigenvalue weighted by Crippen LogP contribution is -2.45. The molecule has 2 fully saturated rings. The first-order valence-corrected chi connectivity index (χ1v) is 7.42. The van der Waals surface area contributed by atoms with Gasteiger partial charge in [0.05, 0.1) is 24.4 Å². The number of nitrogens with one attached hydrogen (secondary N) is 2. The zero-order chi connectivity index (χ0) is 13.9. The van der Waals surface area contributed by atoms with Crippen LogP contribution in [0, 0.1) is 5.92 Å². The number of aromatic nitrogens is 2. The summed E-state index contributed by atoms with van der Waals surface area (Å²) in [5.41, 5.74) is 0.302. The summed E-state index contributed by atoms with van der Waals surface area (Å²) < 4.78 is 6.90. The van der Waals surface area contributed by atoms with Gasteiger partial charge >= 0.3 is 0 Å². The molecule has 0 radical (unpaired) electrons.